The van der Waals surface area contributed by atoms with E-state index >= 15 is 0 Å². The van der Waals surface area contributed by atoms with E-state index in [9.17, 15) is 17.6 Å². The molecule has 1 nitrogen and oxygen atoms in total. The normalized spacial score (nSPS) is 11.4. The molecule has 0 atom stereocenters. The minimum Gasteiger partial charge on any atom is -0.489 e. The van der Waals surface area contributed by atoms with Crippen molar-refractivity contribution in [2.45, 2.75) is 19.7 Å². The molecule has 106 valence electrons. The highest BCUT2D eigenvalue weighted by Gasteiger charge is 2.30. The third kappa shape index (κ3) is 3.50. The van der Waals surface area contributed by atoms with Crippen molar-refractivity contribution in [2.24, 2.45) is 0 Å². The Morgan fingerprint density at radius 3 is 2.45 bits per heavy atom. The monoisotopic (exact) mass is 284 g/mol. The molecule has 2 aromatic carbocycles. The molecule has 0 aliphatic heterocycles. The summed E-state index contributed by atoms with van der Waals surface area (Å²) in [6, 6.07) is 8.94. The van der Waals surface area contributed by atoms with Crippen LogP contribution >= 0.6 is 0 Å². The third-order valence-electron chi connectivity index (χ3n) is 2.79. The summed E-state index contributed by atoms with van der Waals surface area (Å²) in [5.74, 6) is 0.0673. The van der Waals surface area contributed by atoms with E-state index in [1.54, 1.807) is 13.0 Å². The van der Waals surface area contributed by atoms with Crippen molar-refractivity contribution in [3.05, 3.63) is 65.0 Å². The van der Waals surface area contributed by atoms with E-state index in [1.807, 2.05) is 0 Å². The maximum atomic E-state index is 12.9. The van der Waals surface area contributed by atoms with Gasteiger partial charge in [-0.15, -0.1) is 0 Å². The van der Waals surface area contributed by atoms with E-state index in [0.717, 1.165) is 12.1 Å². The molecule has 0 aliphatic rings. The number of aryl methyl sites for hydroxylation is 1. The summed E-state index contributed by atoms with van der Waals surface area (Å²) in [7, 11) is 0. The van der Waals surface area contributed by atoms with Crippen LogP contribution in [0.2, 0.25) is 0 Å². The molecule has 0 fully saturated rings. The summed E-state index contributed by atoms with van der Waals surface area (Å²) in [5, 5.41) is 0. The fourth-order valence-corrected chi connectivity index (χ4v) is 1.77. The SMILES string of the molecule is Cc1cc(F)ccc1OCc1cccc(C(F)(F)F)c1. The van der Waals surface area contributed by atoms with Gasteiger partial charge in [-0.2, -0.15) is 13.2 Å². The lowest BCUT2D eigenvalue weighted by Crippen LogP contribution is -2.06. The number of benzene rings is 2. The lowest BCUT2D eigenvalue weighted by Gasteiger charge is -2.11. The van der Waals surface area contributed by atoms with Crippen LogP contribution in [0.25, 0.3) is 0 Å². The maximum absolute atomic E-state index is 12.9. The highest BCUT2D eigenvalue weighted by molar-refractivity contribution is 5.33. The first-order chi connectivity index (χ1) is 9.36. The molecular weight excluding hydrogens is 272 g/mol. The van der Waals surface area contributed by atoms with Crippen LogP contribution in [0.15, 0.2) is 42.5 Å². The van der Waals surface area contributed by atoms with Crippen molar-refractivity contribution in [3.63, 3.8) is 0 Å². The van der Waals surface area contributed by atoms with Crippen LogP contribution in [0.4, 0.5) is 17.6 Å². The summed E-state index contributed by atoms with van der Waals surface area (Å²) in [4.78, 5) is 0. The summed E-state index contributed by atoms with van der Waals surface area (Å²) >= 11 is 0. The van der Waals surface area contributed by atoms with Gasteiger partial charge in [-0.25, -0.2) is 4.39 Å². The van der Waals surface area contributed by atoms with Crippen LogP contribution < -0.4 is 4.74 Å². The Labute approximate surface area is 113 Å². The number of halogens is 4. The zero-order valence-corrected chi connectivity index (χ0v) is 10.7. The smallest absolute Gasteiger partial charge is 0.416 e. The average molecular weight is 284 g/mol. The van der Waals surface area contributed by atoms with Gasteiger partial charge in [0.1, 0.15) is 18.2 Å². The highest BCUT2D eigenvalue weighted by atomic mass is 19.4. The molecule has 5 heteroatoms. The molecule has 0 bridgehead atoms. The van der Waals surface area contributed by atoms with Crippen LogP contribution in [-0.4, -0.2) is 0 Å². The zero-order valence-electron chi connectivity index (χ0n) is 10.7. The first-order valence-electron chi connectivity index (χ1n) is 5.91. The summed E-state index contributed by atoms with van der Waals surface area (Å²) < 4.78 is 56.0. The molecule has 0 saturated heterocycles. The lowest BCUT2D eigenvalue weighted by atomic mass is 10.1. The Morgan fingerprint density at radius 1 is 1.05 bits per heavy atom. The Morgan fingerprint density at radius 2 is 1.80 bits per heavy atom. The standard InChI is InChI=1S/C15H12F4O/c1-10-7-13(16)5-6-14(10)20-9-11-3-2-4-12(8-11)15(17,18)19/h2-8H,9H2,1H3. The van der Waals surface area contributed by atoms with Crippen molar-refractivity contribution < 1.29 is 22.3 Å². The Balaban J connectivity index is 2.11. The number of alkyl halides is 3. The quantitative estimate of drug-likeness (QED) is 0.740. The fourth-order valence-electron chi connectivity index (χ4n) is 1.77. The van der Waals surface area contributed by atoms with Gasteiger partial charge in [0.05, 0.1) is 5.56 Å². The molecule has 0 N–H and O–H groups in total. The minimum atomic E-state index is -4.37. The van der Waals surface area contributed by atoms with Crippen LogP contribution in [0.1, 0.15) is 16.7 Å². The minimum absolute atomic E-state index is 0.00358. The Bertz CT molecular complexity index is 605. The molecule has 2 rings (SSSR count). The van der Waals surface area contributed by atoms with Crippen molar-refractivity contribution in [1.82, 2.24) is 0 Å². The molecule has 2 aromatic rings. The van der Waals surface area contributed by atoms with E-state index in [2.05, 4.69) is 0 Å². The van der Waals surface area contributed by atoms with Crippen LogP contribution in [0, 0.1) is 12.7 Å². The first-order valence-corrected chi connectivity index (χ1v) is 5.91. The Hall–Kier alpha value is -2.04. The summed E-state index contributed by atoms with van der Waals surface area (Å²) in [6.07, 6.45) is -4.37. The van der Waals surface area contributed by atoms with E-state index in [0.29, 0.717) is 16.9 Å². The van der Waals surface area contributed by atoms with E-state index in [4.69, 9.17) is 4.74 Å². The second-order valence-electron chi connectivity index (χ2n) is 4.40. The van der Waals surface area contributed by atoms with Crippen molar-refractivity contribution in [3.8, 4) is 5.75 Å². The number of rotatable bonds is 3. The average Bonchev–Trinajstić information content (AvgIpc) is 2.37. The second kappa shape index (κ2) is 5.53. The van der Waals surface area contributed by atoms with Gasteiger partial charge in [0, 0.05) is 0 Å². The van der Waals surface area contributed by atoms with Gasteiger partial charge in [-0.1, -0.05) is 12.1 Å². The number of hydrogen-bond donors (Lipinski definition) is 0. The largest absolute Gasteiger partial charge is 0.489 e. The summed E-state index contributed by atoms with van der Waals surface area (Å²) in [6.45, 7) is 1.67. The van der Waals surface area contributed by atoms with Gasteiger partial charge < -0.3 is 4.74 Å². The van der Waals surface area contributed by atoms with Gasteiger partial charge in [0.2, 0.25) is 0 Å². The molecule has 20 heavy (non-hydrogen) atoms. The molecule has 0 heterocycles. The van der Waals surface area contributed by atoms with Gasteiger partial charge in [0.15, 0.2) is 0 Å². The van der Waals surface area contributed by atoms with Crippen molar-refractivity contribution in [2.75, 3.05) is 0 Å². The van der Waals surface area contributed by atoms with Crippen LogP contribution in [0.5, 0.6) is 5.75 Å². The van der Waals surface area contributed by atoms with Gasteiger partial charge in [0.25, 0.3) is 0 Å². The maximum Gasteiger partial charge on any atom is 0.416 e. The predicted molar refractivity (Wildman–Crippen MR) is 66.9 cm³/mol. The van der Waals surface area contributed by atoms with Gasteiger partial charge in [-0.3, -0.25) is 0 Å². The topological polar surface area (TPSA) is 9.23 Å². The van der Waals surface area contributed by atoms with Crippen molar-refractivity contribution >= 4 is 0 Å². The van der Waals surface area contributed by atoms with Gasteiger partial charge in [-0.05, 0) is 48.4 Å². The molecule has 0 unspecified atom stereocenters. The molecular formula is C15H12F4O. The predicted octanol–water partition coefficient (Wildman–Crippen LogP) is 4.73. The van der Waals surface area contributed by atoms with E-state index in [-0.39, 0.29) is 12.4 Å². The van der Waals surface area contributed by atoms with E-state index < -0.39 is 11.7 Å². The number of hydrogen-bond acceptors (Lipinski definition) is 1. The highest BCUT2D eigenvalue weighted by Crippen LogP contribution is 2.30. The van der Waals surface area contributed by atoms with Gasteiger partial charge >= 0.3 is 6.18 Å². The van der Waals surface area contributed by atoms with Crippen LogP contribution in [-0.2, 0) is 12.8 Å². The molecule has 0 radical (unpaired) electrons. The Kier molecular flexibility index (Phi) is 3.97. The molecule has 0 spiro atoms. The number of ether oxygens (including phenoxy) is 1. The molecule has 0 amide bonds. The zero-order chi connectivity index (χ0) is 14.8. The van der Waals surface area contributed by atoms with Crippen LogP contribution in [0.3, 0.4) is 0 Å². The van der Waals surface area contributed by atoms with Crippen molar-refractivity contribution in [1.29, 1.82) is 0 Å². The molecule has 0 aliphatic carbocycles. The first kappa shape index (κ1) is 14.4. The lowest BCUT2D eigenvalue weighted by molar-refractivity contribution is -0.137. The second-order valence-corrected chi connectivity index (χ2v) is 4.40. The summed E-state index contributed by atoms with van der Waals surface area (Å²) in [5.41, 5.74) is 0.287. The third-order valence-corrected chi connectivity index (χ3v) is 2.79. The molecule has 0 aromatic heterocycles. The van der Waals surface area contributed by atoms with E-state index in [1.165, 1.54) is 24.3 Å². The fraction of sp³-hybridized carbons (Fsp3) is 0.200. The molecule has 0 saturated carbocycles.